The molecule has 1 heterocycles. The molecule has 0 aromatic carbocycles. The second-order valence-electron chi connectivity index (χ2n) is 5.20. The highest BCUT2D eigenvalue weighted by Crippen LogP contribution is 2.37. The van der Waals surface area contributed by atoms with Gasteiger partial charge in [0.2, 0.25) is 0 Å². The molecule has 19 heavy (non-hydrogen) atoms. The predicted octanol–water partition coefficient (Wildman–Crippen LogP) is 2.51. The number of hydrogen-bond donors (Lipinski definition) is 0. The number of nitriles is 1. The van der Waals surface area contributed by atoms with Gasteiger partial charge in [0.1, 0.15) is 11.9 Å². The molecule has 1 fully saturated rings. The highest BCUT2D eigenvalue weighted by Gasteiger charge is 2.33. The molecule has 1 atom stereocenters. The lowest BCUT2D eigenvalue weighted by Crippen LogP contribution is -2.38. The van der Waals surface area contributed by atoms with E-state index in [1.54, 1.807) is 13.3 Å². The van der Waals surface area contributed by atoms with Crippen molar-refractivity contribution < 1.29 is 4.74 Å². The van der Waals surface area contributed by atoms with Crippen molar-refractivity contribution in [3.8, 4) is 6.07 Å². The summed E-state index contributed by atoms with van der Waals surface area (Å²) in [5, 5.41) is 9.36. The van der Waals surface area contributed by atoms with Gasteiger partial charge >= 0.3 is 0 Å². The van der Waals surface area contributed by atoms with E-state index in [0.29, 0.717) is 18.2 Å². The minimum atomic E-state index is 0.413. The molecule has 4 heteroatoms. The Bertz CT molecular complexity index is 477. The van der Waals surface area contributed by atoms with Crippen molar-refractivity contribution in [1.82, 2.24) is 4.98 Å². The smallest absolute Gasteiger partial charge is 0.147 e. The van der Waals surface area contributed by atoms with Crippen LogP contribution in [0.25, 0.3) is 0 Å². The Balaban J connectivity index is 2.31. The molecular weight excluding hydrogens is 238 g/mol. The van der Waals surface area contributed by atoms with Crippen LogP contribution in [0.4, 0.5) is 5.82 Å². The van der Waals surface area contributed by atoms with Gasteiger partial charge in [-0.05, 0) is 44.2 Å². The third-order valence-electron chi connectivity index (χ3n) is 3.86. The summed E-state index contributed by atoms with van der Waals surface area (Å²) in [7, 11) is 1.70. The van der Waals surface area contributed by atoms with Gasteiger partial charge in [0.25, 0.3) is 0 Å². The van der Waals surface area contributed by atoms with Gasteiger partial charge in [-0.3, -0.25) is 0 Å². The molecular formula is C15H21N3O. The summed E-state index contributed by atoms with van der Waals surface area (Å²) in [5.74, 6) is 1.53. The molecule has 102 valence electrons. The molecule has 1 aliphatic rings. The van der Waals surface area contributed by atoms with Crippen molar-refractivity contribution in [1.29, 1.82) is 5.26 Å². The van der Waals surface area contributed by atoms with E-state index in [4.69, 9.17) is 4.74 Å². The van der Waals surface area contributed by atoms with Crippen LogP contribution in [0.2, 0.25) is 0 Å². The van der Waals surface area contributed by atoms with Crippen molar-refractivity contribution in [3.63, 3.8) is 0 Å². The Hall–Kier alpha value is -1.60. The molecule has 1 aromatic rings. The van der Waals surface area contributed by atoms with Crippen molar-refractivity contribution in [3.05, 3.63) is 23.4 Å². The maximum absolute atomic E-state index is 9.36. The summed E-state index contributed by atoms with van der Waals surface area (Å²) in [6, 6.07) is 4.59. The van der Waals surface area contributed by atoms with Crippen LogP contribution >= 0.6 is 0 Å². The van der Waals surface area contributed by atoms with Crippen LogP contribution in [0.15, 0.2) is 12.3 Å². The third-order valence-corrected chi connectivity index (χ3v) is 3.86. The van der Waals surface area contributed by atoms with Crippen LogP contribution in [-0.4, -0.2) is 31.3 Å². The van der Waals surface area contributed by atoms with E-state index in [0.717, 1.165) is 23.8 Å². The average molecular weight is 259 g/mol. The number of anilines is 1. The van der Waals surface area contributed by atoms with Crippen molar-refractivity contribution >= 4 is 5.82 Å². The molecule has 0 spiro atoms. The Kier molecular flexibility index (Phi) is 4.39. The SMILES string of the molecule is COCCN(c1nccc(C)c1C#N)C(C)C1CC1. The summed E-state index contributed by atoms with van der Waals surface area (Å²) in [4.78, 5) is 6.67. The van der Waals surface area contributed by atoms with Crippen molar-refractivity contribution in [2.75, 3.05) is 25.2 Å². The fourth-order valence-corrected chi connectivity index (χ4v) is 2.43. The number of aryl methyl sites for hydroxylation is 1. The lowest BCUT2D eigenvalue weighted by Gasteiger charge is -2.31. The van der Waals surface area contributed by atoms with E-state index in [1.165, 1.54) is 12.8 Å². The number of aromatic nitrogens is 1. The molecule has 2 rings (SSSR count). The molecule has 0 amide bonds. The first-order valence-corrected chi connectivity index (χ1v) is 6.80. The summed E-state index contributed by atoms with van der Waals surface area (Å²) >= 11 is 0. The largest absolute Gasteiger partial charge is 0.383 e. The number of methoxy groups -OCH3 is 1. The normalized spacial score (nSPS) is 15.9. The number of nitrogens with zero attached hydrogens (tertiary/aromatic N) is 3. The quantitative estimate of drug-likeness (QED) is 0.787. The summed E-state index contributed by atoms with van der Waals surface area (Å²) in [5.41, 5.74) is 1.67. The van der Waals surface area contributed by atoms with Crippen LogP contribution in [0.3, 0.4) is 0 Å². The minimum absolute atomic E-state index is 0.413. The van der Waals surface area contributed by atoms with Crippen LogP contribution in [-0.2, 0) is 4.74 Å². The molecule has 0 bridgehead atoms. The fraction of sp³-hybridized carbons (Fsp3) is 0.600. The zero-order chi connectivity index (χ0) is 13.8. The Labute approximate surface area is 115 Å². The Morgan fingerprint density at radius 3 is 2.89 bits per heavy atom. The second-order valence-corrected chi connectivity index (χ2v) is 5.20. The lowest BCUT2D eigenvalue weighted by molar-refractivity contribution is 0.202. The first kappa shape index (κ1) is 13.8. The van der Waals surface area contributed by atoms with Crippen molar-refractivity contribution in [2.24, 2.45) is 5.92 Å². The van der Waals surface area contributed by atoms with Crippen LogP contribution in [0.5, 0.6) is 0 Å². The van der Waals surface area contributed by atoms with Gasteiger partial charge in [-0.2, -0.15) is 5.26 Å². The van der Waals surface area contributed by atoms with Crippen LogP contribution < -0.4 is 4.90 Å². The second kappa shape index (κ2) is 6.03. The zero-order valence-corrected chi connectivity index (χ0v) is 11.9. The topological polar surface area (TPSA) is 49.1 Å². The van der Waals surface area contributed by atoms with E-state index < -0.39 is 0 Å². The van der Waals surface area contributed by atoms with E-state index in [9.17, 15) is 5.26 Å². The number of hydrogen-bond acceptors (Lipinski definition) is 4. The Morgan fingerprint density at radius 1 is 1.58 bits per heavy atom. The number of rotatable bonds is 6. The molecule has 1 aliphatic carbocycles. The molecule has 1 saturated carbocycles. The molecule has 0 saturated heterocycles. The average Bonchev–Trinajstić information content (AvgIpc) is 3.23. The highest BCUT2D eigenvalue weighted by molar-refractivity contribution is 5.57. The van der Waals surface area contributed by atoms with E-state index in [-0.39, 0.29) is 0 Å². The monoisotopic (exact) mass is 259 g/mol. The first-order valence-electron chi connectivity index (χ1n) is 6.80. The molecule has 1 unspecified atom stereocenters. The number of pyridine rings is 1. The van der Waals surface area contributed by atoms with Gasteiger partial charge in [-0.25, -0.2) is 4.98 Å². The summed E-state index contributed by atoms with van der Waals surface area (Å²) in [6.45, 7) is 5.61. The standard InChI is InChI=1S/C15H21N3O/c1-11-6-7-17-15(14(11)10-16)18(8-9-19-3)12(2)13-4-5-13/h6-7,12-13H,4-5,8-9H2,1-3H3. The maximum Gasteiger partial charge on any atom is 0.147 e. The lowest BCUT2D eigenvalue weighted by atomic mass is 10.1. The van der Waals surface area contributed by atoms with Gasteiger partial charge < -0.3 is 9.64 Å². The summed E-state index contributed by atoms with van der Waals surface area (Å²) in [6.07, 6.45) is 4.33. The van der Waals surface area contributed by atoms with Gasteiger partial charge in [0.05, 0.1) is 12.2 Å². The van der Waals surface area contributed by atoms with Gasteiger partial charge in [-0.1, -0.05) is 0 Å². The summed E-state index contributed by atoms with van der Waals surface area (Å²) < 4.78 is 5.20. The van der Waals surface area contributed by atoms with Gasteiger partial charge in [0.15, 0.2) is 0 Å². The van der Waals surface area contributed by atoms with Crippen LogP contribution in [0.1, 0.15) is 30.9 Å². The van der Waals surface area contributed by atoms with E-state index in [1.807, 2.05) is 13.0 Å². The van der Waals surface area contributed by atoms with E-state index >= 15 is 0 Å². The number of ether oxygens (including phenoxy) is 1. The minimum Gasteiger partial charge on any atom is -0.383 e. The van der Waals surface area contributed by atoms with E-state index in [2.05, 4.69) is 22.9 Å². The predicted molar refractivity (Wildman–Crippen MR) is 75.1 cm³/mol. The fourth-order valence-electron chi connectivity index (χ4n) is 2.43. The molecule has 1 aromatic heterocycles. The zero-order valence-electron chi connectivity index (χ0n) is 11.9. The third kappa shape index (κ3) is 3.05. The molecule has 4 nitrogen and oxygen atoms in total. The molecule has 0 N–H and O–H groups in total. The first-order chi connectivity index (χ1) is 9.19. The van der Waals surface area contributed by atoms with Crippen molar-refractivity contribution in [2.45, 2.75) is 32.7 Å². The highest BCUT2D eigenvalue weighted by atomic mass is 16.5. The Morgan fingerprint density at radius 2 is 2.32 bits per heavy atom. The van der Waals surface area contributed by atoms with Gasteiger partial charge in [-0.15, -0.1) is 0 Å². The van der Waals surface area contributed by atoms with Gasteiger partial charge in [0, 0.05) is 25.9 Å². The molecule has 0 radical (unpaired) electrons. The van der Waals surface area contributed by atoms with Crippen LogP contribution in [0, 0.1) is 24.2 Å². The maximum atomic E-state index is 9.36. The molecule has 0 aliphatic heterocycles.